The molecule has 1 heterocycles. The largest absolute Gasteiger partial charge is 0.391 e. The molecule has 0 radical (unpaired) electrons. The zero-order chi connectivity index (χ0) is 17.6. The Bertz CT molecular complexity index is 432. The molecule has 1 aliphatic heterocycles. The summed E-state index contributed by atoms with van der Waals surface area (Å²) in [6.45, 7) is 1.74. The Morgan fingerprint density at radius 3 is 2.29 bits per heavy atom. The summed E-state index contributed by atoms with van der Waals surface area (Å²) in [5.74, 6) is -2.28. The average molecular weight is 348 g/mol. The summed E-state index contributed by atoms with van der Waals surface area (Å²) in [5, 5.41) is 2.66. The summed E-state index contributed by atoms with van der Waals surface area (Å²) in [5.41, 5.74) is 0. The van der Waals surface area contributed by atoms with Crippen LogP contribution in [0.2, 0.25) is 0 Å². The second-order valence-corrected chi connectivity index (χ2v) is 6.94. The fourth-order valence-corrected chi connectivity index (χ4v) is 3.64. The summed E-state index contributed by atoms with van der Waals surface area (Å²) in [6.07, 6.45) is 1.22. The second kappa shape index (κ2) is 8.72. The number of amides is 2. The van der Waals surface area contributed by atoms with Gasteiger partial charge in [-0.2, -0.15) is 13.2 Å². The Kier molecular flexibility index (Phi) is 6.92. The van der Waals surface area contributed by atoms with Crippen LogP contribution in [0, 0.1) is 11.8 Å². The van der Waals surface area contributed by atoms with Crippen LogP contribution in [0.1, 0.15) is 57.8 Å². The lowest BCUT2D eigenvalue weighted by Gasteiger charge is -2.29. The van der Waals surface area contributed by atoms with Crippen LogP contribution in [0.3, 0.4) is 0 Å². The first-order chi connectivity index (χ1) is 11.4. The van der Waals surface area contributed by atoms with E-state index < -0.39 is 18.0 Å². The molecule has 1 aliphatic carbocycles. The number of likely N-dealkylation sites (tertiary alicyclic amines) is 1. The Labute approximate surface area is 141 Å². The van der Waals surface area contributed by atoms with Crippen LogP contribution >= 0.6 is 0 Å². The molecule has 2 amide bonds. The summed E-state index contributed by atoms with van der Waals surface area (Å²) in [7, 11) is 0. The van der Waals surface area contributed by atoms with E-state index in [2.05, 4.69) is 5.32 Å². The van der Waals surface area contributed by atoms with Gasteiger partial charge in [-0.25, -0.2) is 0 Å². The summed E-state index contributed by atoms with van der Waals surface area (Å²) in [4.78, 5) is 26.0. The van der Waals surface area contributed by atoms with Gasteiger partial charge in [0.2, 0.25) is 11.8 Å². The van der Waals surface area contributed by atoms with Gasteiger partial charge in [-0.3, -0.25) is 9.59 Å². The van der Waals surface area contributed by atoms with Crippen LogP contribution in [-0.2, 0) is 9.59 Å². The van der Waals surface area contributed by atoms with E-state index in [1.54, 1.807) is 0 Å². The number of nitrogens with one attached hydrogen (secondary N) is 1. The molecule has 2 fully saturated rings. The molecule has 2 aliphatic rings. The smallest absolute Gasteiger partial charge is 0.355 e. The van der Waals surface area contributed by atoms with Crippen molar-refractivity contribution in [1.82, 2.24) is 10.2 Å². The lowest BCUT2D eigenvalue weighted by atomic mass is 9.80. The van der Waals surface area contributed by atoms with Gasteiger partial charge in [-0.1, -0.05) is 19.3 Å². The van der Waals surface area contributed by atoms with Crippen LogP contribution in [0.15, 0.2) is 0 Å². The number of hydrogen-bond donors (Lipinski definition) is 1. The van der Waals surface area contributed by atoms with Gasteiger partial charge in [0.15, 0.2) is 0 Å². The highest BCUT2D eigenvalue weighted by molar-refractivity contribution is 5.80. The second-order valence-electron chi connectivity index (χ2n) is 6.94. The van der Waals surface area contributed by atoms with Crippen LogP contribution in [0.25, 0.3) is 0 Å². The van der Waals surface area contributed by atoms with E-state index in [1.807, 2.05) is 4.90 Å². The van der Waals surface area contributed by atoms with Crippen molar-refractivity contribution in [3.8, 4) is 0 Å². The number of halogens is 3. The van der Waals surface area contributed by atoms with Crippen molar-refractivity contribution >= 4 is 11.8 Å². The van der Waals surface area contributed by atoms with Crippen molar-refractivity contribution in [2.75, 3.05) is 19.6 Å². The minimum absolute atomic E-state index is 0.0222. The number of rotatable bonds is 4. The summed E-state index contributed by atoms with van der Waals surface area (Å²) >= 11 is 0. The zero-order valence-electron chi connectivity index (χ0n) is 14.0. The molecule has 1 saturated heterocycles. The zero-order valence-corrected chi connectivity index (χ0v) is 14.0. The number of alkyl halides is 3. The van der Waals surface area contributed by atoms with Gasteiger partial charge in [-0.15, -0.1) is 0 Å². The van der Waals surface area contributed by atoms with Gasteiger partial charge in [-0.05, 0) is 32.1 Å². The fraction of sp³-hybridized carbons (Fsp3) is 0.882. The van der Waals surface area contributed by atoms with Crippen LogP contribution in [-0.4, -0.2) is 42.5 Å². The minimum Gasteiger partial charge on any atom is -0.355 e. The van der Waals surface area contributed by atoms with Crippen LogP contribution in [0.4, 0.5) is 13.2 Å². The average Bonchev–Trinajstić information content (AvgIpc) is 2.83. The Balaban J connectivity index is 1.71. The van der Waals surface area contributed by atoms with E-state index in [0.29, 0.717) is 12.8 Å². The van der Waals surface area contributed by atoms with Crippen molar-refractivity contribution in [2.24, 2.45) is 11.8 Å². The highest BCUT2D eigenvalue weighted by Gasteiger charge is 2.43. The highest BCUT2D eigenvalue weighted by Crippen LogP contribution is 2.39. The van der Waals surface area contributed by atoms with Crippen LogP contribution in [0.5, 0.6) is 0 Å². The molecular formula is C17H27F3N2O2. The van der Waals surface area contributed by atoms with Gasteiger partial charge in [0.05, 0.1) is 5.92 Å². The van der Waals surface area contributed by atoms with E-state index >= 15 is 0 Å². The molecule has 4 nitrogen and oxygen atoms in total. The van der Waals surface area contributed by atoms with Crippen LogP contribution < -0.4 is 5.32 Å². The predicted molar refractivity (Wildman–Crippen MR) is 84.2 cm³/mol. The Hall–Kier alpha value is -1.27. The maximum Gasteiger partial charge on any atom is 0.391 e. The topological polar surface area (TPSA) is 49.4 Å². The van der Waals surface area contributed by atoms with E-state index in [0.717, 1.165) is 38.8 Å². The lowest BCUT2D eigenvalue weighted by molar-refractivity contribution is -0.186. The number of carbonyl (C=O) groups is 2. The lowest BCUT2D eigenvalue weighted by Crippen LogP contribution is -2.39. The Morgan fingerprint density at radius 2 is 1.67 bits per heavy atom. The maximum absolute atomic E-state index is 12.8. The molecular weight excluding hydrogens is 321 g/mol. The quantitative estimate of drug-likeness (QED) is 0.848. The van der Waals surface area contributed by atoms with E-state index in [-0.39, 0.29) is 37.6 Å². The first kappa shape index (κ1) is 19.1. The van der Waals surface area contributed by atoms with E-state index in [9.17, 15) is 22.8 Å². The molecule has 0 spiro atoms. The fourth-order valence-electron chi connectivity index (χ4n) is 3.64. The predicted octanol–water partition coefficient (Wildman–Crippen LogP) is 3.26. The van der Waals surface area contributed by atoms with Crippen molar-refractivity contribution in [3.63, 3.8) is 0 Å². The van der Waals surface area contributed by atoms with Gasteiger partial charge in [0, 0.05) is 32.0 Å². The molecule has 0 aromatic carbocycles. The normalized spacial score (nSPS) is 25.9. The summed E-state index contributed by atoms with van der Waals surface area (Å²) in [6, 6.07) is 0. The molecule has 2 rings (SSSR count). The molecule has 24 heavy (non-hydrogen) atoms. The SMILES string of the molecule is O=C(NCCC(=O)N1CCCCCC1)[C@H]1CCC[C@@H](C(F)(F)F)C1. The van der Waals surface area contributed by atoms with Crippen molar-refractivity contribution in [3.05, 3.63) is 0 Å². The third kappa shape index (κ3) is 5.67. The minimum atomic E-state index is -4.22. The van der Waals surface area contributed by atoms with Gasteiger partial charge in [0.25, 0.3) is 0 Å². The van der Waals surface area contributed by atoms with Gasteiger partial charge < -0.3 is 10.2 Å². The molecule has 1 saturated carbocycles. The van der Waals surface area contributed by atoms with Crippen molar-refractivity contribution in [1.29, 1.82) is 0 Å². The van der Waals surface area contributed by atoms with Crippen molar-refractivity contribution < 1.29 is 22.8 Å². The van der Waals surface area contributed by atoms with Crippen molar-refractivity contribution in [2.45, 2.75) is 64.0 Å². The summed E-state index contributed by atoms with van der Waals surface area (Å²) < 4.78 is 38.4. The monoisotopic (exact) mass is 348 g/mol. The molecule has 0 aromatic heterocycles. The molecule has 1 N–H and O–H groups in total. The third-order valence-electron chi connectivity index (χ3n) is 5.10. The maximum atomic E-state index is 12.8. The van der Waals surface area contributed by atoms with Gasteiger partial charge in [0.1, 0.15) is 0 Å². The molecule has 0 unspecified atom stereocenters. The van der Waals surface area contributed by atoms with Gasteiger partial charge >= 0.3 is 6.18 Å². The standard InChI is InChI=1S/C17H27F3N2O2/c18-17(19,20)14-7-5-6-13(12-14)16(24)21-9-8-15(23)22-10-3-1-2-4-11-22/h13-14H,1-12H2,(H,21,24)/t13-,14+/m0/s1. The Morgan fingerprint density at radius 1 is 1.00 bits per heavy atom. The molecule has 2 atom stereocenters. The number of carbonyl (C=O) groups excluding carboxylic acids is 2. The van der Waals surface area contributed by atoms with E-state index in [4.69, 9.17) is 0 Å². The highest BCUT2D eigenvalue weighted by atomic mass is 19.4. The molecule has 7 heteroatoms. The number of nitrogens with zero attached hydrogens (tertiary/aromatic N) is 1. The number of hydrogen-bond acceptors (Lipinski definition) is 2. The molecule has 0 bridgehead atoms. The first-order valence-corrected chi connectivity index (χ1v) is 9.00. The third-order valence-corrected chi connectivity index (χ3v) is 5.10. The molecule has 0 aromatic rings. The molecule has 138 valence electrons. The van der Waals surface area contributed by atoms with E-state index in [1.165, 1.54) is 0 Å². The first-order valence-electron chi connectivity index (χ1n) is 9.00.